The summed E-state index contributed by atoms with van der Waals surface area (Å²) in [6.07, 6.45) is 1.36. The van der Waals surface area contributed by atoms with Crippen LogP contribution in [0.5, 0.6) is 0 Å². The third-order valence-electron chi connectivity index (χ3n) is 3.40. The van der Waals surface area contributed by atoms with Crippen molar-refractivity contribution in [2.75, 3.05) is 0 Å². The fraction of sp³-hybridized carbons (Fsp3) is 0.571. The molecule has 0 N–H and O–H groups in total. The molecule has 0 radical (unpaired) electrons. The van der Waals surface area contributed by atoms with Gasteiger partial charge in [-0.3, -0.25) is 0 Å². The van der Waals surface area contributed by atoms with E-state index in [4.69, 9.17) is 0 Å². The van der Waals surface area contributed by atoms with Gasteiger partial charge in [0.05, 0.1) is 8.07 Å². The molecule has 90 valence electrons. The predicted octanol–water partition coefficient (Wildman–Crippen LogP) is 4.26. The van der Waals surface area contributed by atoms with Gasteiger partial charge in [-0.15, -0.1) is 0 Å². The van der Waals surface area contributed by atoms with Crippen molar-refractivity contribution in [1.29, 1.82) is 0 Å². The summed E-state index contributed by atoms with van der Waals surface area (Å²) in [5, 5.41) is 1.63. The van der Waals surface area contributed by atoms with Crippen LogP contribution in [0.2, 0.25) is 37.9 Å². The van der Waals surface area contributed by atoms with Crippen molar-refractivity contribution in [2.24, 2.45) is 0 Å². The lowest BCUT2D eigenvalue weighted by Crippen LogP contribution is -2.48. The Morgan fingerprint density at radius 1 is 0.938 bits per heavy atom. The Labute approximate surface area is 103 Å². The zero-order chi connectivity index (χ0) is 12.2. The van der Waals surface area contributed by atoms with E-state index in [9.17, 15) is 0 Å². The van der Waals surface area contributed by atoms with Crippen LogP contribution >= 0.6 is 0 Å². The Balaban J connectivity index is 2.79. The summed E-state index contributed by atoms with van der Waals surface area (Å²) in [5.74, 6) is 0. The third kappa shape index (κ3) is 3.91. The number of rotatable bonds is 5. The molecule has 0 spiro atoms. The second-order valence-corrected chi connectivity index (χ2v) is 16.9. The van der Waals surface area contributed by atoms with Gasteiger partial charge >= 0.3 is 0 Å². The third-order valence-corrected chi connectivity index (χ3v) is 14.5. The van der Waals surface area contributed by atoms with Gasteiger partial charge in [0.1, 0.15) is 0 Å². The summed E-state index contributed by atoms with van der Waals surface area (Å²) in [4.78, 5) is 0. The quantitative estimate of drug-likeness (QED) is 0.685. The summed E-state index contributed by atoms with van der Waals surface area (Å²) >= 11 is 0. The lowest BCUT2D eigenvalue weighted by Gasteiger charge is -2.32. The molecule has 0 aromatic heterocycles. The molecule has 0 saturated carbocycles. The van der Waals surface area contributed by atoms with Gasteiger partial charge in [0.15, 0.2) is 0 Å². The van der Waals surface area contributed by atoms with Gasteiger partial charge in [0.25, 0.3) is 0 Å². The van der Waals surface area contributed by atoms with E-state index in [1.807, 2.05) is 0 Å². The van der Waals surface area contributed by atoms with Crippen molar-refractivity contribution in [3.05, 3.63) is 30.3 Å². The fourth-order valence-corrected chi connectivity index (χ4v) is 16.5. The van der Waals surface area contributed by atoms with Crippen LogP contribution in [0.15, 0.2) is 30.3 Å². The summed E-state index contributed by atoms with van der Waals surface area (Å²) in [6, 6.07) is 12.7. The van der Waals surface area contributed by atoms with Gasteiger partial charge in [-0.2, -0.15) is 0 Å². The molecule has 1 rings (SSSR count). The Morgan fingerprint density at radius 2 is 1.50 bits per heavy atom. The standard InChI is InChI=1S/C14H26Si2/c1-6-12-15(2,3)13-16(4,5)14-10-8-7-9-11-14/h7-11H,6,12-13H2,1-5H3. The summed E-state index contributed by atoms with van der Waals surface area (Å²) in [5.41, 5.74) is 1.53. The largest absolute Gasteiger partial charge is 0.0780 e. The van der Waals surface area contributed by atoms with Crippen LogP contribution in [-0.2, 0) is 0 Å². The maximum Gasteiger partial charge on any atom is 0.0780 e. The lowest BCUT2D eigenvalue weighted by molar-refractivity contribution is 1.04. The van der Waals surface area contributed by atoms with Crippen LogP contribution in [0.4, 0.5) is 0 Å². The van der Waals surface area contributed by atoms with Crippen molar-refractivity contribution in [3.8, 4) is 0 Å². The Bertz CT molecular complexity index is 315. The van der Waals surface area contributed by atoms with Crippen molar-refractivity contribution >= 4 is 21.3 Å². The zero-order valence-electron chi connectivity index (χ0n) is 11.5. The predicted molar refractivity (Wildman–Crippen MR) is 80.9 cm³/mol. The van der Waals surface area contributed by atoms with E-state index < -0.39 is 16.1 Å². The van der Waals surface area contributed by atoms with E-state index in [0.29, 0.717) is 0 Å². The van der Waals surface area contributed by atoms with E-state index in [-0.39, 0.29) is 0 Å². The molecule has 0 heterocycles. The average molecular weight is 251 g/mol. The van der Waals surface area contributed by atoms with Crippen LogP contribution in [0.25, 0.3) is 0 Å². The van der Waals surface area contributed by atoms with Gasteiger partial charge in [-0.05, 0) is 0 Å². The van der Waals surface area contributed by atoms with Crippen LogP contribution in [0.3, 0.4) is 0 Å². The maximum atomic E-state index is 2.56. The fourth-order valence-electron chi connectivity index (χ4n) is 2.95. The minimum absolute atomic E-state index is 0.960. The molecule has 0 amide bonds. The molecular weight excluding hydrogens is 224 g/mol. The molecule has 0 nitrogen and oxygen atoms in total. The SMILES string of the molecule is CCC[Si](C)(C)C[Si](C)(C)c1ccccc1. The number of benzene rings is 1. The molecular formula is C14H26Si2. The molecule has 16 heavy (non-hydrogen) atoms. The van der Waals surface area contributed by atoms with E-state index in [0.717, 1.165) is 0 Å². The zero-order valence-corrected chi connectivity index (χ0v) is 13.5. The summed E-state index contributed by atoms with van der Waals surface area (Å²) in [6.45, 7) is 12.5. The van der Waals surface area contributed by atoms with Gasteiger partial charge in [0, 0.05) is 8.07 Å². The van der Waals surface area contributed by atoms with Crippen molar-refractivity contribution in [1.82, 2.24) is 0 Å². The van der Waals surface area contributed by atoms with Crippen LogP contribution in [0.1, 0.15) is 13.3 Å². The maximum absolute atomic E-state index is 2.56. The second-order valence-electron chi connectivity index (χ2n) is 6.34. The first-order chi connectivity index (χ1) is 7.37. The van der Waals surface area contributed by atoms with Gasteiger partial charge in [0.2, 0.25) is 0 Å². The van der Waals surface area contributed by atoms with Crippen molar-refractivity contribution in [3.63, 3.8) is 0 Å². The molecule has 2 heteroatoms. The molecule has 1 aromatic carbocycles. The van der Waals surface area contributed by atoms with Crippen molar-refractivity contribution in [2.45, 2.75) is 51.2 Å². The topological polar surface area (TPSA) is 0 Å². The molecule has 0 saturated heterocycles. The Kier molecular flexibility index (Phi) is 4.56. The average Bonchev–Trinajstić information content (AvgIpc) is 2.17. The first-order valence-electron chi connectivity index (χ1n) is 6.43. The monoisotopic (exact) mass is 250 g/mol. The van der Waals surface area contributed by atoms with E-state index in [2.05, 4.69) is 63.4 Å². The smallest absolute Gasteiger partial charge is 0.0695 e. The highest BCUT2D eigenvalue weighted by Gasteiger charge is 2.32. The van der Waals surface area contributed by atoms with Crippen LogP contribution in [-0.4, -0.2) is 16.1 Å². The molecule has 1 aromatic rings. The molecule has 0 unspecified atom stereocenters. The number of hydrogen-bond donors (Lipinski definition) is 0. The van der Waals surface area contributed by atoms with Gasteiger partial charge in [-0.25, -0.2) is 0 Å². The molecule has 0 aliphatic carbocycles. The lowest BCUT2D eigenvalue weighted by atomic mass is 10.4. The van der Waals surface area contributed by atoms with Gasteiger partial charge in [-0.1, -0.05) is 86.8 Å². The van der Waals surface area contributed by atoms with Crippen LogP contribution in [0, 0.1) is 0 Å². The highest BCUT2D eigenvalue weighted by molar-refractivity contribution is 7.01. The van der Waals surface area contributed by atoms with Crippen LogP contribution < -0.4 is 5.19 Å². The van der Waals surface area contributed by atoms with E-state index in [1.54, 1.807) is 5.19 Å². The minimum Gasteiger partial charge on any atom is -0.0695 e. The van der Waals surface area contributed by atoms with Gasteiger partial charge < -0.3 is 0 Å². The number of hydrogen-bond acceptors (Lipinski definition) is 0. The normalized spacial score (nSPS) is 12.8. The summed E-state index contributed by atoms with van der Waals surface area (Å²) < 4.78 is 0. The second kappa shape index (κ2) is 5.32. The highest BCUT2D eigenvalue weighted by Crippen LogP contribution is 2.24. The Morgan fingerprint density at radius 3 is 2.00 bits per heavy atom. The summed E-state index contributed by atoms with van der Waals surface area (Å²) in [7, 11) is -2.15. The molecule has 0 bridgehead atoms. The first-order valence-corrected chi connectivity index (χ1v) is 13.0. The highest BCUT2D eigenvalue weighted by atomic mass is 28.4. The molecule has 0 fully saturated rings. The van der Waals surface area contributed by atoms with Crippen molar-refractivity contribution < 1.29 is 0 Å². The molecule has 0 aliphatic heterocycles. The minimum atomic E-state index is -1.19. The first kappa shape index (κ1) is 13.7. The molecule has 0 aliphatic rings. The van der Waals surface area contributed by atoms with E-state index >= 15 is 0 Å². The van der Waals surface area contributed by atoms with E-state index in [1.165, 1.54) is 18.1 Å². The molecule has 0 atom stereocenters. The Hall–Kier alpha value is -0.346.